The summed E-state index contributed by atoms with van der Waals surface area (Å²) in [5, 5.41) is 15.6. The summed E-state index contributed by atoms with van der Waals surface area (Å²) in [6.07, 6.45) is 7.53. The molecule has 3 heteroatoms. The number of para-hydroxylation sites is 1. The summed E-state index contributed by atoms with van der Waals surface area (Å²) >= 11 is 0. The zero-order valence-electron chi connectivity index (χ0n) is 27.5. The predicted molar refractivity (Wildman–Crippen MR) is 198 cm³/mol. The molecule has 236 valence electrons. The molecule has 1 heterocycles. The van der Waals surface area contributed by atoms with Crippen molar-refractivity contribution in [1.29, 1.82) is 0 Å². The zero-order valence-corrected chi connectivity index (χ0v) is 27.5. The Balaban J connectivity index is 1.15. The summed E-state index contributed by atoms with van der Waals surface area (Å²) in [5.41, 5.74) is 10.1. The van der Waals surface area contributed by atoms with E-state index in [4.69, 9.17) is 0 Å². The van der Waals surface area contributed by atoms with E-state index >= 15 is 0 Å². The molecule has 3 nitrogen and oxygen atoms in total. The number of rotatable bonds is 3. The Kier molecular flexibility index (Phi) is 6.71. The minimum Gasteiger partial charge on any atom is -0.383 e. The molecular weight excluding hydrogens is 587 g/mol. The van der Waals surface area contributed by atoms with E-state index < -0.39 is 6.10 Å². The Morgan fingerprint density at radius 1 is 0.729 bits per heavy atom. The lowest BCUT2D eigenvalue weighted by molar-refractivity contribution is 0.102. The van der Waals surface area contributed by atoms with Crippen LogP contribution in [0.2, 0.25) is 0 Å². The van der Waals surface area contributed by atoms with Crippen molar-refractivity contribution >= 4 is 50.5 Å². The van der Waals surface area contributed by atoms with Crippen LogP contribution in [-0.4, -0.2) is 10.9 Å². The molecule has 1 unspecified atom stereocenters. The molecule has 0 spiro atoms. The number of nitrogens with zero attached hydrogens (tertiary/aromatic N) is 1. The maximum absolute atomic E-state index is 13.6. The van der Waals surface area contributed by atoms with Crippen LogP contribution in [0.5, 0.6) is 0 Å². The number of carbonyl (C=O) groups excluding carboxylic acids is 1. The first-order chi connectivity index (χ1) is 23.4. The highest BCUT2D eigenvalue weighted by molar-refractivity contribution is 6.18. The number of hydrogen-bond acceptors (Lipinski definition) is 3. The average molecular weight is 626 g/mol. The molecule has 0 aromatic heterocycles. The smallest absolute Gasteiger partial charge is 0.192 e. The average Bonchev–Trinajstić information content (AvgIpc) is 3.35. The van der Waals surface area contributed by atoms with Crippen molar-refractivity contribution in [2.45, 2.75) is 63.4 Å². The maximum atomic E-state index is 13.6. The Morgan fingerprint density at radius 2 is 1.46 bits per heavy atom. The van der Waals surface area contributed by atoms with E-state index in [1.807, 2.05) is 42.5 Å². The summed E-state index contributed by atoms with van der Waals surface area (Å²) < 4.78 is 0. The van der Waals surface area contributed by atoms with E-state index in [0.717, 1.165) is 21.7 Å². The van der Waals surface area contributed by atoms with Gasteiger partial charge in [0.2, 0.25) is 0 Å². The van der Waals surface area contributed by atoms with Crippen LogP contribution in [0.25, 0.3) is 27.6 Å². The first-order valence-electron chi connectivity index (χ1n) is 17.4. The fourth-order valence-corrected chi connectivity index (χ4v) is 8.68. The van der Waals surface area contributed by atoms with Crippen LogP contribution in [0.1, 0.15) is 96.1 Å². The van der Waals surface area contributed by atoms with Crippen molar-refractivity contribution < 1.29 is 9.90 Å². The summed E-state index contributed by atoms with van der Waals surface area (Å²) in [7, 11) is 0. The molecule has 6 aromatic carbocycles. The number of benzene rings is 6. The van der Waals surface area contributed by atoms with Crippen molar-refractivity contribution in [1.82, 2.24) is 0 Å². The number of Topliss-reactive ketones (excluding diaryl/α,β-unsaturated/α-hetero) is 1. The molecular formula is C45H39NO2. The third-order valence-corrected chi connectivity index (χ3v) is 11.3. The second-order valence-corrected chi connectivity index (χ2v) is 14.5. The molecule has 3 aliphatic rings. The van der Waals surface area contributed by atoms with Gasteiger partial charge in [-0.15, -0.1) is 0 Å². The number of hydrogen-bond donors (Lipinski definition) is 1. The summed E-state index contributed by atoms with van der Waals surface area (Å²) in [6.45, 7) is 4.65. The number of ketones is 1. The molecule has 2 aliphatic carbocycles. The Hall–Kier alpha value is -4.99. The van der Waals surface area contributed by atoms with Gasteiger partial charge in [0, 0.05) is 27.6 Å². The predicted octanol–water partition coefficient (Wildman–Crippen LogP) is 11.5. The number of aliphatic hydroxyl groups excluding tert-OH is 1. The molecule has 1 saturated carbocycles. The van der Waals surface area contributed by atoms with Gasteiger partial charge in [-0.05, 0) is 105 Å². The Morgan fingerprint density at radius 3 is 2.25 bits per heavy atom. The lowest BCUT2D eigenvalue weighted by atomic mass is 9.72. The van der Waals surface area contributed by atoms with Gasteiger partial charge in [0.25, 0.3) is 0 Å². The molecule has 1 atom stereocenters. The van der Waals surface area contributed by atoms with Gasteiger partial charge < -0.3 is 10.0 Å². The zero-order chi connectivity index (χ0) is 32.6. The summed E-state index contributed by atoms with van der Waals surface area (Å²) in [5.74, 6) is 0.563. The minimum absolute atomic E-state index is 0.102. The van der Waals surface area contributed by atoms with Crippen molar-refractivity contribution in [3.8, 4) is 0 Å². The SMILES string of the molecule is CC1(C)c2ccccc2N(c2ccc(C3CCCCC3)cc2)c2c1ccc1cc(/C=C3\C(=O)c4cc5ccccc5cc4C3O)ccc21. The Bertz CT molecular complexity index is 2290. The van der Waals surface area contributed by atoms with Crippen molar-refractivity contribution in [2.24, 2.45) is 0 Å². The van der Waals surface area contributed by atoms with Gasteiger partial charge in [0.1, 0.15) is 6.10 Å². The van der Waals surface area contributed by atoms with Gasteiger partial charge >= 0.3 is 0 Å². The van der Waals surface area contributed by atoms with E-state index in [0.29, 0.717) is 22.6 Å². The highest BCUT2D eigenvalue weighted by atomic mass is 16.3. The monoisotopic (exact) mass is 625 g/mol. The molecule has 1 aliphatic heterocycles. The van der Waals surface area contributed by atoms with E-state index in [1.165, 1.54) is 71.2 Å². The summed E-state index contributed by atoms with van der Waals surface area (Å²) in [4.78, 5) is 16.0. The van der Waals surface area contributed by atoms with Crippen molar-refractivity contribution in [3.05, 3.63) is 154 Å². The van der Waals surface area contributed by atoms with Gasteiger partial charge in [-0.3, -0.25) is 4.79 Å². The fraction of sp³-hybridized carbons (Fsp3) is 0.222. The number of aliphatic hydroxyl groups is 1. The first-order valence-corrected chi connectivity index (χ1v) is 17.4. The molecule has 6 aromatic rings. The van der Waals surface area contributed by atoms with Gasteiger partial charge in [0.15, 0.2) is 5.78 Å². The third-order valence-electron chi connectivity index (χ3n) is 11.3. The lowest BCUT2D eigenvalue weighted by Gasteiger charge is -2.42. The highest BCUT2D eigenvalue weighted by Gasteiger charge is 2.38. The van der Waals surface area contributed by atoms with Gasteiger partial charge in [0.05, 0.1) is 11.4 Å². The van der Waals surface area contributed by atoms with Gasteiger partial charge in [-0.25, -0.2) is 0 Å². The van der Waals surface area contributed by atoms with Gasteiger partial charge in [-0.2, -0.15) is 0 Å². The molecule has 9 rings (SSSR count). The normalized spacial score (nSPS) is 19.5. The van der Waals surface area contributed by atoms with Gasteiger partial charge in [-0.1, -0.05) is 112 Å². The standard InChI is InChI=1S/C45H39NO2/c1-45(2)39-14-8-9-15-41(39)46(34-20-17-30(18-21-34)29-10-4-3-5-11-29)42-35-22-16-28(24-33(35)19-23-40(42)45)25-38-43(47)36-26-31-12-6-7-13-32(31)27-37(36)44(38)48/h6-9,12-27,29,43,47H,3-5,10-11H2,1-2H3/b38-25-. The third kappa shape index (κ3) is 4.48. The second-order valence-electron chi connectivity index (χ2n) is 14.5. The maximum Gasteiger partial charge on any atom is 0.192 e. The van der Waals surface area contributed by atoms with Crippen LogP contribution in [0, 0.1) is 0 Å². The molecule has 1 N–H and O–H groups in total. The van der Waals surface area contributed by atoms with Crippen LogP contribution in [0.4, 0.5) is 17.1 Å². The molecule has 48 heavy (non-hydrogen) atoms. The quantitative estimate of drug-likeness (QED) is 0.199. The van der Waals surface area contributed by atoms with E-state index in [9.17, 15) is 9.90 Å². The highest BCUT2D eigenvalue weighted by Crippen LogP contribution is 2.54. The topological polar surface area (TPSA) is 40.5 Å². The van der Waals surface area contributed by atoms with Crippen LogP contribution in [0.3, 0.4) is 0 Å². The van der Waals surface area contributed by atoms with Crippen LogP contribution < -0.4 is 4.90 Å². The van der Waals surface area contributed by atoms with E-state index in [2.05, 4.69) is 97.6 Å². The molecule has 0 amide bonds. The summed E-state index contributed by atoms with van der Waals surface area (Å²) in [6, 6.07) is 40.9. The molecule has 0 radical (unpaired) electrons. The Labute approximate surface area is 282 Å². The largest absolute Gasteiger partial charge is 0.383 e. The van der Waals surface area contributed by atoms with Crippen LogP contribution >= 0.6 is 0 Å². The van der Waals surface area contributed by atoms with E-state index in [1.54, 1.807) is 0 Å². The van der Waals surface area contributed by atoms with Crippen molar-refractivity contribution in [2.75, 3.05) is 4.90 Å². The van der Waals surface area contributed by atoms with Crippen LogP contribution in [-0.2, 0) is 5.41 Å². The van der Waals surface area contributed by atoms with Crippen LogP contribution in [0.15, 0.2) is 121 Å². The number of fused-ring (bicyclic) bond motifs is 6. The molecule has 1 fully saturated rings. The minimum atomic E-state index is -0.944. The molecule has 0 saturated heterocycles. The number of anilines is 3. The lowest BCUT2D eigenvalue weighted by Crippen LogP contribution is -2.30. The fourth-order valence-electron chi connectivity index (χ4n) is 8.68. The second kappa shape index (κ2) is 11.0. The number of carbonyl (C=O) groups is 1. The van der Waals surface area contributed by atoms with E-state index in [-0.39, 0.29) is 11.2 Å². The molecule has 0 bridgehead atoms. The first kappa shape index (κ1) is 29.2. The van der Waals surface area contributed by atoms with Crippen molar-refractivity contribution in [3.63, 3.8) is 0 Å².